The predicted octanol–water partition coefficient (Wildman–Crippen LogP) is 4.20. The van der Waals surface area contributed by atoms with Crippen LogP contribution in [0.3, 0.4) is 0 Å². The number of phenolic OH excluding ortho intramolecular Hbond substituents is 1. The zero-order valence-corrected chi connectivity index (χ0v) is 14.6. The molecule has 3 heteroatoms. The van der Waals surface area contributed by atoms with Crippen molar-refractivity contribution in [2.75, 3.05) is 7.11 Å². The number of benzene rings is 2. The van der Waals surface area contributed by atoms with Crippen LogP contribution in [-0.2, 0) is 23.1 Å². The third kappa shape index (κ3) is 2.82. The number of hydrogen-bond acceptors (Lipinski definition) is 3. The minimum Gasteiger partial charge on any atom is -0.508 e. The van der Waals surface area contributed by atoms with Gasteiger partial charge in [-0.05, 0) is 72.6 Å². The molecule has 1 N–H and O–H groups in total. The molecule has 2 atom stereocenters. The maximum atomic E-state index is 12.1. The lowest BCUT2D eigenvalue weighted by Crippen LogP contribution is -2.45. The molecule has 0 aliphatic heterocycles. The second kappa shape index (κ2) is 6.21. The summed E-state index contributed by atoms with van der Waals surface area (Å²) in [4.78, 5) is 12.1. The number of carbonyl (C=O) groups is 1. The lowest BCUT2D eigenvalue weighted by Gasteiger charge is -2.48. The second-order valence-corrected chi connectivity index (χ2v) is 7.50. The van der Waals surface area contributed by atoms with Gasteiger partial charge in [0.15, 0.2) is 0 Å². The van der Waals surface area contributed by atoms with Gasteiger partial charge < -0.3 is 9.84 Å². The summed E-state index contributed by atoms with van der Waals surface area (Å²) in [6.07, 6.45) is 5.27. The molecule has 25 heavy (non-hydrogen) atoms. The molecule has 0 spiro atoms. The topological polar surface area (TPSA) is 46.5 Å². The number of hydrogen-bond donors (Lipinski definition) is 1. The van der Waals surface area contributed by atoms with E-state index >= 15 is 0 Å². The molecule has 2 aromatic carbocycles. The van der Waals surface area contributed by atoms with Crippen LogP contribution < -0.4 is 4.74 Å². The third-order valence-corrected chi connectivity index (χ3v) is 6.17. The van der Waals surface area contributed by atoms with Gasteiger partial charge in [-0.25, -0.2) is 0 Å². The number of fused-ring (bicyclic) bond motifs is 3. The monoisotopic (exact) mass is 336 g/mol. The fraction of sp³-hybridized carbons (Fsp3) is 0.409. The first kappa shape index (κ1) is 16.2. The summed E-state index contributed by atoms with van der Waals surface area (Å²) in [6, 6.07) is 14.0. The summed E-state index contributed by atoms with van der Waals surface area (Å²) in [7, 11) is 1.71. The molecular weight excluding hydrogens is 312 g/mol. The van der Waals surface area contributed by atoms with E-state index in [1.807, 2.05) is 12.1 Å². The van der Waals surface area contributed by atoms with Gasteiger partial charge in [0.2, 0.25) is 0 Å². The first-order valence-electron chi connectivity index (χ1n) is 9.08. The Labute approximate surface area is 148 Å². The highest BCUT2D eigenvalue weighted by Gasteiger charge is 2.47. The Morgan fingerprint density at radius 2 is 1.96 bits per heavy atom. The molecule has 1 unspecified atom stereocenters. The van der Waals surface area contributed by atoms with Gasteiger partial charge in [0.25, 0.3) is 0 Å². The maximum Gasteiger partial charge on any atom is 0.133 e. The van der Waals surface area contributed by atoms with Gasteiger partial charge in [-0.15, -0.1) is 0 Å². The van der Waals surface area contributed by atoms with Gasteiger partial charge >= 0.3 is 0 Å². The van der Waals surface area contributed by atoms with E-state index in [4.69, 9.17) is 4.74 Å². The highest BCUT2D eigenvalue weighted by atomic mass is 16.5. The molecule has 4 rings (SSSR count). The molecule has 0 aromatic heterocycles. The van der Waals surface area contributed by atoms with Gasteiger partial charge in [0.05, 0.1) is 7.11 Å². The quantitative estimate of drug-likeness (QED) is 0.914. The Kier molecular flexibility index (Phi) is 4.03. The number of aryl methyl sites for hydroxylation is 1. The third-order valence-electron chi connectivity index (χ3n) is 6.17. The molecule has 2 aliphatic rings. The predicted molar refractivity (Wildman–Crippen MR) is 97.2 cm³/mol. The fourth-order valence-corrected chi connectivity index (χ4v) is 4.90. The molecule has 3 nitrogen and oxygen atoms in total. The molecule has 2 aliphatic carbocycles. The standard InChI is InChI=1S/C22H24O3/c1-25-20-8-9-21-16(12-20)4-5-17-13-19(24)10-11-22(17,21)14-15-2-6-18(23)7-3-15/h2-3,6-9,12,17,23H,4-5,10-11,13-14H2,1H3/t17?,22-/m0/s1. The van der Waals surface area contributed by atoms with Gasteiger partial charge in [0, 0.05) is 18.3 Å². The maximum absolute atomic E-state index is 12.1. The van der Waals surface area contributed by atoms with Crippen molar-refractivity contribution in [1.82, 2.24) is 0 Å². The number of carbonyl (C=O) groups excluding carboxylic acids is 1. The summed E-state index contributed by atoms with van der Waals surface area (Å²) in [5, 5.41) is 9.58. The average Bonchev–Trinajstić information content (AvgIpc) is 2.63. The molecule has 0 radical (unpaired) electrons. The van der Waals surface area contributed by atoms with E-state index in [1.165, 1.54) is 16.7 Å². The van der Waals surface area contributed by atoms with Crippen molar-refractivity contribution in [3.63, 3.8) is 0 Å². The summed E-state index contributed by atoms with van der Waals surface area (Å²) in [5.41, 5.74) is 4.00. The first-order chi connectivity index (χ1) is 12.1. The van der Waals surface area contributed by atoms with E-state index in [9.17, 15) is 9.90 Å². The molecule has 0 bridgehead atoms. The van der Waals surface area contributed by atoms with Crippen LogP contribution in [0.15, 0.2) is 42.5 Å². The molecule has 130 valence electrons. The zero-order chi connectivity index (χ0) is 17.4. The first-order valence-corrected chi connectivity index (χ1v) is 9.08. The number of Topliss-reactive ketones (excluding diaryl/α,β-unsaturated/α-hetero) is 1. The van der Waals surface area contributed by atoms with Gasteiger partial charge in [-0.2, -0.15) is 0 Å². The molecule has 2 aromatic rings. The van der Waals surface area contributed by atoms with Crippen LogP contribution in [0.5, 0.6) is 11.5 Å². The van der Waals surface area contributed by atoms with Crippen LogP contribution >= 0.6 is 0 Å². The van der Waals surface area contributed by atoms with Crippen molar-refractivity contribution >= 4 is 5.78 Å². The van der Waals surface area contributed by atoms with E-state index < -0.39 is 0 Å². The van der Waals surface area contributed by atoms with Crippen LogP contribution in [0.25, 0.3) is 0 Å². The molecular formula is C22H24O3. The Morgan fingerprint density at radius 1 is 1.16 bits per heavy atom. The largest absolute Gasteiger partial charge is 0.508 e. The second-order valence-electron chi connectivity index (χ2n) is 7.50. The number of aromatic hydroxyl groups is 1. The van der Waals surface area contributed by atoms with E-state index in [1.54, 1.807) is 19.2 Å². The number of ether oxygens (including phenoxy) is 1. The normalized spacial score (nSPS) is 25.2. The Hall–Kier alpha value is -2.29. The molecule has 0 saturated heterocycles. The number of phenols is 1. The van der Waals surface area contributed by atoms with Crippen molar-refractivity contribution in [1.29, 1.82) is 0 Å². The Balaban J connectivity index is 1.79. The lowest BCUT2D eigenvalue weighted by atomic mass is 9.55. The van der Waals surface area contributed by atoms with Crippen LogP contribution in [0.1, 0.15) is 42.4 Å². The van der Waals surface area contributed by atoms with E-state index in [-0.39, 0.29) is 5.41 Å². The highest BCUT2D eigenvalue weighted by molar-refractivity contribution is 5.80. The van der Waals surface area contributed by atoms with E-state index in [0.29, 0.717) is 30.3 Å². The van der Waals surface area contributed by atoms with Gasteiger partial charge in [-0.1, -0.05) is 18.2 Å². The van der Waals surface area contributed by atoms with Crippen molar-refractivity contribution in [3.05, 3.63) is 59.2 Å². The fourth-order valence-electron chi connectivity index (χ4n) is 4.90. The summed E-state index contributed by atoms with van der Waals surface area (Å²) >= 11 is 0. The lowest BCUT2D eigenvalue weighted by molar-refractivity contribution is -0.123. The number of ketones is 1. The molecule has 0 amide bonds. The van der Waals surface area contributed by atoms with Crippen LogP contribution in [0.2, 0.25) is 0 Å². The summed E-state index contributed by atoms with van der Waals surface area (Å²) in [5.74, 6) is 2.01. The minimum absolute atomic E-state index is 0.0186. The highest BCUT2D eigenvalue weighted by Crippen LogP contribution is 2.51. The Bertz CT molecular complexity index is 793. The van der Waals surface area contributed by atoms with E-state index in [0.717, 1.165) is 31.4 Å². The zero-order valence-electron chi connectivity index (χ0n) is 14.6. The van der Waals surface area contributed by atoms with Crippen molar-refractivity contribution < 1.29 is 14.6 Å². The van der Waals surface area contributed by atoms with Crippen LogP contribution in [0.4, 0.5) is 0 Å². The van der Waals surface area contributed by atoms with Crippen molar-refractivity contribution in [3.8, 4) is 11.5 Å². The summed E-state index contributed by atoms with van der Waals surface area (Å²) in [6.45, 7) is 0. The SMILES string of the molecule is COc1ccc2c(c1)CCC1CC(=O)CC[C@@]21Cc1ccc(O)cc1. The molecule has 0 heterocycles. The van der Waals surface area contributed by atoms with E-state index in [2.05, 4.69) is 18.2 Å². The Morgan fingerprint density at radius 3 is 2.72 bits per heavy atom. The van der Waals surface area contributed by atoms with Gasteiger partial charge in [-0.3, -0.25) is 4.79 Å². The average molecular weight is 336 g/mol. The number of methoxy groups -OCH3 is 1. The molecule has 1 saturated carbocycles. The molecule has 1 fully saturated rings. The smallest absolute Gasteiger partial charge is 0.133 e. The number of rotatable bonds is 3. The van der Waals surface area contributed by atoms with Crippen LogP contribution in [-0.4, -0.2) is 18.0 Å². The summed E-state index contributed by atoms with van der Waals surface area (Å²) < 4.78 is 5.42. The van der Waals surface area contributed by atoms with Crippen molar-refractivity contribution in [2.45, 2.75) is 43.9 Å². The minimum atomic E-state index is 0.0186. The van der Waals surface area contributed by atoms with Crippen molar-refractivity contribution in [2.24, 2.45) is 5.92 Å². The van der Waals surface area contributed by atoms with Gasteiger partial charge in [0.1, 0.15) is 17.3 Å². The van der Waals surface area contributed by atoms with Crippen LogP contribution in [0, 0.1) is 5.92 Å².